The van der Waals surface area contributed by atoms with Crippen molar-refractivity contribution in [1.82, 2.24) is 0 Å². The van der Waals surface area contributed by atoms with Crippen LogP contribution in [-0.2, 0) is 28.6 Å². The molecule has 0 amide bonds. The molecule has 0 aliphatic rings. The third-order valence-electron chi connectivity index (χ3n) is 15.7. The standard InChI is InChI=1S/C68H132O6/c1-6-7-8-9-10-11-12-13-14-15-16-21-24-29-35-40-45-50-55-60-68(71)74-65(62-73-67(70)59-54-49-44-39-34-30-25-27-32-37-42-47-52-57-64(4)5)61-72-66(69)58-53-48-43-38-33-28-23-20-18-17-19-22-26-31-36-41-46-51-56-63(2)3/h63-65H,6-62H2,1-5H3/t65-/m0/s1. The molecule has 0 fully saturated rings. The molecule has 0 aliphatic carbocycles. The molecule has 0 saturated carbocycles. The van der Waals surface area contributed by atoms with E-state index < -0.39 is 6.10 Å². The monoisotopic (exact) mass is 1050 g/mol. The average molecular weight is 1050 g/mol. The van der Waals surface area contributed by atoms with E-state index in [9.17, 15) is 14.4 Å². The highest BCUT2D eigenvalue weighted by Crippen LogP contribution is 2.19. The molecule has 6 nitrogen and oxygen atoms in total. The van der Waals surface area contributed by atoms with Gasteiger partial charge in [0.2, 0.25) is 0 Å². The van der Waals surface area contributed by atoms with Crippen LogP contribution in [0.2, 0.25) is 0 Å². The maximum Gasteiger partial charge on any atom is 0.306 e. The summed E-state index contributed by atoms with van der Waals surface area (Å²) in [7, 11) is 0. The zero-order valence-corrected chi connectivity index (χ0v) is 51.0. The molecule has 74 heavy (non-hydrogen) atoms. The molecule has 1 atom stereocenters. The van der Waals surface area contributed by atoms with E-state index in [0.717, 1.165) is 69.6 Å². The van der Waals surface area contributed by atoms with E-state index in [1.54, 1.807) is 0 Å². The fourth-order valence-corrected chi connectivity index (χ4v) is 10.6. The van der Waals surface area contributed by atoms with Crippen LogP contribution < -0.4 is 0 Å². The highest BCUT2D eigenvalue weighted by molar-refractivity contribution is 5.71. The second-order valence-corrected chi connectivity index (χ2v) is 24.4. The SMILES string of the molecule is CCCCCCCCCCCCCCCCCCCCCC(=O)O[C@@H](COC(=O)CCCCCCCCCCCCCCCCCCCCC(C)C)COC(=O)CCCCCCCCCCCCCCCC(C)C. The van der Waals surface area contributed by atoms with Gasteiger partial charge in [0.1, 0.15) is 13.2 Å². The van der Waals surface area contributed by atoms with Crippen molar-refractivity contribution < 1.29 is 28.6 Å². The van der Waals surface area contributed by atoms with Crippen LogP contribution >= 0.6 is 0 Å². The molecule has 0 spiro atoms. The number of carbonyl (C=O) groups excluding carboxylic acids is 3. The van der Waals surface area contributed by atoms with E-state index in [1.807, 2.05) is 0 Å². The Balaban J connectivity index is 4.27. The van der Waals surface area contributed by atoms with E-state index in [4.69, 9.17) is 14.2 Å². The van der Waals surface area contributed by atoms with E-state index in [0.29, 0.717) is 19.3 Å². The first-order valence-electron chi connectivity index (χ1n) is 33.7. The molecular weight excluding hydrogens is 913 g/mol. The van der Waals surface area contributed by atoms with Crippen molar-refractivity contribution in [3.63, 3.8) is 0 Å². The summed E-state index contributed by atoms with van der Waals surface area (Å²) in [5.41, 5.74) is 0. The second-order valence-electron chi connectivity index (χ2n) is 24.4. The molecule has 0 aromatic rings. The Morgan fingerprint density at radius 2 is 0.446 bits per heavy atom. The molecule has 0 radical (unpaired) electrons. The van der Waals surface area contributed by atoms with Crippen LogP contribution in [0.3, 0.4) is 0 Å². The Bertz CT molecular complexity index is 1140. The van der Waals surface area contributed by atoms with Crippen molar-refractivity contribution in [3.05, 3.63) is 0 Å². The average Bonchev–Trinajstić information content (AvgIpc) is 3.38. The van der Waals surface area contributed by atoms with Gasteiger partial charge in [-0.05, 0) is 31.1 Å². The molecule has 0 heterocycles. The summed E-state index contributed by atoms with van der Waals surface area (Å²) >= 11 is 0. The Morgan fingerprint density at radius 1 is 0.257 bits per heavy atom. The molecule has 0 unspecified atom stereocenters. The Morgan fingerprint density at radius 3 is 0.662 bits per heavy atom. The number of hydrogen-bond donors (Lipinski definition) is 0. The molecule has 0 N–H and O–H groups in total. The first-order valence-corrected chi connectivity index (χ1v) is 33.7. The van der Waals surface area contributed by atoms with Crippen LogP contribution in [0.15, 0.2) is 0 Å². The Labute approximate surface area is 463 Å². The Kier molecular flexibility index (Phi) is 59.3. The fraction of sp³-hybridized carbons (Fsp3) is 0.956. The number of hydrogen-bond acceptors (Lipinski definition) is 6. The van der Waals surface area contributed by atoms with Gasteiger partial charge in [-0.2, -0.15) is 0 Å². The van der Waals surface area contributed by atoms with E-state index >= 15 is 0 Å². The lowest BCUT2D eigenvalue weighted by atomic mass is 10.0. The minimum absolute atomic E-state index is 0.0615. The topological polar surface area (TPSA) is 78.9 Å². The van der Waals surface area contributed by atoms with Gasteiger partial charge in [0, 0.05) is 19.3 Å². The molecule has 0 aromatic carbocycles. The predicted molar refractivity (Wildman–Crippen MR) is 321 cm³/mol. The molecule has 0 rings (SSSR count). The minimum Gasteiger partial charge on any atom is -0.462 e. The maximum atomic E-state index is 12.9. The van der Waals surface area contributed by atoms with Gasteiger partial charge in [0.05, 0.1) is 0 Å². The molecular formula is C68H132O6. The van der Waals surface area contributed by atoms with Gasteiger partial charge >= 0.3 is 17.9 Å². The summed E-state index contributed by atoms with van der Waals surface area (Å²) in [5.74, 6) is 0.871. The van der Waals surface area contributed by atoms with Crippen LogP contribution in [0.1, 0.15) is 388 Å². The van der Waals surface area contributed by atoms with Crippen LogP contribution in [0.4, 0.5) is 0 Å². The lowest BCUT2D eigenvalue weighted by Crippen LogP contribution is -2.30. The zero-order valence-electron chi connectivity index (χ0n) is 51.0. The smallest absolute Gasteiger partial charge is 0.306 e. The van der Waals surface area contributed by atoms with Crippen molar-refractivity contribution in [1.29, 1.82) is 0 Å². The molecule has 440 valence electrons. The van der Waals surface area contributed by atoms with Gasteiger partial charge in [-0.3, -0.25) is 14.4 Å². The summed E-state index contributed by atoms with van der Waals surface area (Å²) in [5, 5.41) is 0. The lowest BCUT2D eigenvalue weighted by molar-refractivity contribution is -0.167. The second kappa shape index (κ2) is 60.6. The van der Waals surface area contributed by atoms with E-state index in [2.05, 4.69) is 34.6 Å². The molecule has 0 aromatic heterocycles. The Hall–Kier alpha value is -1.59. The lowest BCUT2D eigenvalue weighted by Gasteiger charge is -2.18. The van der Waals surface area contributed by atoms with Gasteiger partial charge in [0.15, 0.2) is 6.10 Å². The highest BCUT2D eigenvalue weighted by Gasteiger charge is 2.19. The normalized spacial score (nSPS) is 12.0. The van der Waals surface area contributed by atoms with Crippen LogP contribution in [0.25, 0.3) is 0 Å². The summed E-state index contributed by atoms with van der Waals surface area (Å²) in [6.07, 6.45) is 68.3. The zero-order chi connectivity index (χ0) is 53.9. The summed E-state index contributed by atoms with van der Waals surface area (Å²) in [6.45, 7) is 11.5. The number of esters is 3. The number of ether oxygens (including phenoxy) is 3. The van der Waals surface area contributed by atoms with Gasteiger partial charge in [-0.15, -0.1) is 0 Å². The first-order chi connectivity index (χ1) is 36.2. The van der Waals surface area contributed by atoms with Crippen molar-refractivity contribution >= 4 is 17.9 Å². The van der Waals surface area contributed by atoms with Crippen LogP contribution in [0.5, 0.6) is 0 Å². The maximum absolute atomic E-state index is 12.9. The fourth-order valence-electron chi connectivity index (χ4n) is 10.6. The molecule has 0 aliphatic heterocycles. The van der Waals surface area contributed by atoms with Crippen molar-refractivity contribution in [3.8, 4) is 0 Å². The molecule has 0 bridgehead atoms. The van der Waals surface area contributed by atoms with E-state index in [-0.39, 0.29) is 31.1 Å². The van der Waals surface area contributed by atoms with Crippen LogP contribution in [0, 0.1) is 11.8 Å². The van der Waals surface area contributed by atoms with Crippen molar-refractivity contribution in [2.45, 2.75) is 394 Å². The van der Waals surface area contributed by atoms with Gasteiger partial charge < -0.3 is 14.2 Å². The van der Waals surface area contributed by atoms with Gasteiger partial charge in [-0.25, -0.2) is 0 Å². The molecule has 0 saturated heterocycles. The predicted octanol–water partition coefficient (Wildman–Crippen LogP) is 22.8. The van der Waals surface area contributed by atoms with Crippen molar-refractivity contribution in [2.24, 2.45) is 11.8 Å². The first kappa shape index (κ1) is 72.4. The molecule has 6 heteroatoms. The largest absolute Gasteiger partial charge is 0.462 e. The third-order valence-corrected chi connectivity index (χ3v) is 15.7. The number of unbranched alkanes of at least 4 members (excludes halogenated alkanes) is 47. The van der Waals surface area contributed by atoms with Crippen LogP contribution in [-0.4, -0.2) is 37.2 Å². The van der Waals surface area contributed by atoms with Gasteiger partial charge in [0.25, 0.3) is 0 Å². The summed E-state index contributed by atoms with van der Waals surface area (Å²) in [4.78, 5) is 38.4. The number of rotatable bonds is 62. The number of carbonyl (C=O) groups is 3. The van der Waals surface area contributed by atoms with Gasteiger partial charge in [-0.1, -0.05) is 349 Å². The summed E-state index contributed by atoms with van der Waals surface area (Å²) in [6, 6.07) is 0. The highest BCUT2D eigenvalue weighted by atomic mass is 16.6. The quantitative estimate of drug-likeness (QED) is 0.0343. The third kappa shape index (κ3) is 61.3. The van der Waals surface area contributed by atoms with Crippen molar-refractivity contribution in [2.75, 3.05) is 13.2 Å². The van der Waals surface area contributed by atoms with E-state index in [1.165, 1.54) is 276 Å². The minimum atomic E-state index is -0.764. The summed E-state index contributed by atoms with van der Waals surface area (Å²) < 4.78 is 17.0.